The van der Waals surface area contributed by atoms with Crippen LogP contribution in [0.25, 0.3) is 0 Å². The summed E-state index contributed by atoms with van der Waals surface area (Å²) in [7, 11) is 1.79. The number of hydrogen-bond acceptors (Lipinski definition) is 5. The quantitative estimate of drug-likeness (QED) is 0.670. The van der Waals surface area contributed by atoms with E-state index >= 15 is 0 Å². The molecule has 0 aromatic rings. The Bertz CT molecular complexity index is 286. The van der Waals surface area contributed by atoms with Gasteiger partial charge in [-0.1, -0.05) is 0 Å². The molecule has 0 radical (unpaired) electrons. The summed E-state index contributed by atoms with van der Waals surface area (Å²) in [6.45, 7) is 15.4. The molecule has 2 saturated heterocycles. The van der Waals surface area contributed by atoms with Crippen LogP contribution < -0.4 is 0 Å². The van der Waals surface area contributed by atoms with Crippen LogP contribution in [0.1, 0.15) is 26.7 Å². The van der Waals surface area contributed by atoms with Gasteiger partial charge in [-0.2, -0.15) is 0 Å². The van der Waals surface area contributed by atoms with Crippen molar-refractivity contribution in [2.24, 2.45) is 0 Å². The van der Waals surface area contributed by atoms with E-state index in [0.29, 0.717) is 6.10 Å². The van der Waals surface area contributed by atoms with E-state index in [1.165, 1.54) is 52.1 Å². The first kappa shape index (κ1) is 18.1. The number of likely N-dealkylation sites (tertiary alicyclic amines) is 1. The first-order valence-electron chi connectivity index (χ1n) is 8.98. The van der Waals surface area contributed by atoms with Gasteiger partial charge in [-0.3, -0.25) is 9.80 Å². The normalized spacial score (nSPS) is 23.5. The highest BCUT2D eigenvalue weighted by Gasteiger charge is 2.27. The van der Waals surface area contributed by atoms with Gasteiger partial charge in [-0.15, -0.1) is 0 Å². The van der Waals surface area contributed by atoms with Gasteiger partial charge in [0, 0.05) is 52.4 Å². The van der Waals surface area contributed by atoms with Crippen molar-refractivity contribution < 1.29 is 9.47 Å². The molecule has 2 rings (SSSR count). The minimum absolute atomic E-state index is 0.351. The Kier molecular flexibility index (Phi) is 8.11. The van der Waals surface area contributed by atoms with Crippen LogP contribution in [0.4, 0.5) is 0 Å². The number of hydrogen-bond donors (Lipinski definition) is 0. The fourth-order valence-corrected chi connectivity index (χ4v) is 3.50. The maximum Gasteiger partial charge on any atom is 0.0596 e. The molecule has 0 aromatic heterocycles. The van der Waals surface area contributed by atoms with Crippen molar-refractivity contribution in [3.8, 4) is 0 Å². The zero-order chi connectivity index (χ0) is 15.8. The van der Waals surface area contributed by atoms with Gasteiger partial charge in [0.2, 0.25) is 0 Å². The van der Waals surface area contributed by atoms with Crippen molar-refractivity contribution in [3.63, 3.8) is 0 Å². The Hall–Kier alpha value is -0.200. The Labute approximate surface area is 136 Å². The predicted octanol–water partition coefficient (Wildman–Crippen LogP) is 1.14. The van der Waals surface area contributed by atoms with Gasteiger partial charge in [-0.05, 0) is 39.8 Å². The van der Waals surface area contributed by atoms with E-state index in [1.54, 1.807) is 7.11 Å². The van der Waals surface area contributed by atoms with Crippen molar-refractivity contribution in [2.45, 2.75) is 38.8 Å². The molecule has 5 heteroatoms. The molecule has 0 aromatic carbocycles. The molecule has 5 nitrogen and oxygen atoms in total. The molecule has 2 aliphatic rings. The highest BCUT2D eigenvalue weighted by Crippen LogP contribution is 2.18. The Balaban J connectivity index is 1.59. The van der Waals surface area contributed by atoms with Crippen LogP contribution >= 0.6 is 0 Å². The lowest BCUT2D eigenvalue weighted by Crippen LogP contribution is -2.53. The van der Waals surface area contributed by atoms with Gasteiger partial charge in [-0.25, -0.2) is 0 Å². The Morgan fingerprint density at radius 1 is 0.864 bits per heavy atom. The highest BCUT2D eigenvalue weighted by molar-refractivity contribution is 4.83. The molecule has 0 bridgehead atoms. The monoisotopic (exact) mass is 313 g/mol. The van der Waals surface area contributed by atoms with Gasteiger partial charge in [0.05, 0.1) is 19.3 Å². The third-order valence-electron chi connectivity index (χ3n) is 4.95. The first-order valence-corrected chi connectivity index (χ1v) is 8.98. The largest absolute Gasteiger partial charge is 0.383 e. The number of piperazine rings is 1. The van der Waals surface area contributed by atoms with E-state index in [9.17, 15) is 0 Å². The van der Waals surface area contributed by atoms with Crippen molar-refractivity contribution in [2.75, 3.05) is 72.7 Å². The molecule has 130 valence electrons. The molecule has 2 fully saturated rings. The minimum Gasteiger partial charge on any atom is -0.383 e. The van der Waals surface area contributed by atoms with Crippen LogP contribution in [0.5, 0.6) is 0 Å². The summed E-state index contributed by atoms with van der Waals surface area (Å²) in [5.41, 5.74) is 0. The lowest BCUT2D eigenvalue weighted by Gasteiger charge is -2.42. The summed E-state index contributed by atoms with van der Waals surface area (Å²) in [4.78, 5) is 7.81. The van der Waals surface area contributed by atoms with Gasteiger partial charge in [0.25, 0.3) is 0 Å². The molecule has 0 aliphatic carbocycles. The summed E-state index contributed by atoms with van der Waals surface area (Å²) in [5.74, 6) is 0. The molecule has 0 spiro atoms. The van der Waals surface area contributed by atoms with Crippen LogP contribution in [-0.4, -0.2) is 99.5 Å². The van der Waals surface area contributed by atoms with Crippen molar-refractivity contribution >= 4 is 0 Å². The lowest BCUT2D eigenvalue weighted by molar-refractivity contribution is 0.0257. The van der Waals surface area contributed by atoms with Crippen LogP contribution in [0.2, 0.25) is 0 Å². The van der Waals surface area contributed by atoms with Crippen molar-refractivity contribution in [1.82, 2.24) is 14.7 Å². The number of piperidine rings is 1. The molecule has 22 heavy (non-hydrogen) atoms. The molecular weight excluding hydrogens is 278 g/mol. The second-order valence-electron chi connectivity index (χ2n) is 6.86. The summed E-state index contributed by atoms with van der Waals surface area (Å²) in [5, 5.41) is 0. The zero-order valence-electron chi connectivity index (χ0n) is 14.8. The van der Waals surface area contributed by atoms with E-state index in [4.69, 9.17) is 9.47 Å². The van der Waals surface area contributed by atoms with Crippen LogP contribution in [0.3, 0.4) is 0 Å². The minimum atomic E-state index is 0.351. The summed E-state index contributed by atoms with van der Waals surface area (Å²) < 4.78 is 10.8. The molecule has 0 unspecified atom stereocenters. The maximum atomic E-state index is 5.66. The topological polar surface area (TPSA) is 28.2 Å². The molecule has 2 aliphatic heterocycles. The number of methoxy groups -OCH3 is 1. The number of nitrogens with zero attached hydrogens (tertiary/aromatic N) is 3. The van der Waals surface area contributed by atoms with Crippen LogP contribution in [-0.2, 0) is 9.47 Å². The predicted molar refractivity (Wildman–Crippen MR) is 90.4 cm³/mol. The van der Waals surface area contributed by atoms with Gasteiger partial charge in [0.1, 0.15) is 0 Å². The Morgan fingerprint density at radius 2 is 1.45 bits per heavy atom. The summed E-state index contributed by atoms with van der Waals surface area (Å²) in [6.07, 6.45) is 2.99. The van der Waals surface area contributed by atoms with E-state index in [1.807, 2.05) is 0 Å². The van der Waals surface area contributed by atoms with Gasteiger partial charge < -0.3 is 14.4 Å². The molecule has 0 saturated carbocycles. The molecule has 0 amide bonds. The van der Waals surface area contributed by atoms with E-state index in [-0.39, 0.29) is 0 Å². The van der Waals surface area contributed by atoms with Crippen molar-refractivity contribution in [3.05, 3.63) is 0 Å². The van der Waals surface area contributed by atoms with E-state index in [2.05, 4.69) is 28.5 Å². The van der Waals surface area contributed by atoms with E-state index in [0.717, 1.165) is 32.3 Å². The third-order valence-corrected chi connectivity index (χ3v) is 4.95. The van der Waals surface area contributed by atoms with Gasteiger partial charge >= 0.3 is 0 Å². The SMILES string of the molecule is COCCN1CCC(N2CCN(CCOC(C)C)CC2)CC1. The van der Waals surface area contributed by atoms with Crippen LogP contribution in [0.15, 0.2) is 0 Å². The standard InChI is InChI=1S/C17H35N3O2/c1-16(2)22-15-13-19-8-10-20(11-9-19)17-4-6-18(7-5-17)12-14-21-3/h16-17H,4-15H2,1-3H3. The smallest absolute Gasteiger partial charge is 0.0596 e. The molecule has 0 atom stereocenters. The highest BCUT2D eigenvalue weighted by atomic mass is 16.5. The fourth-order valence-electron chi connectivity index (χ4n) is 3.50. The van der Waals surface area contributed by atoms with Gasteiger partial charge in [0.15, 0.2) is 0 Å². The summed E-state index contributed by atoms with van der Waals surface area (Å²) >= 11 is 0. The number of rotatable bonds is 8. The molecule has 2 heterocycles. The van der Waals surface area contributed by atoms with Crippen LogP contribution in [0, 0.1) is 0 Å². The molecule has 0 N–H and O–H groups in total. The first-order chi connectivity index (χ1) is 10.7. The third kappa shape index (κ3) is 6.13. The average molecular weight is 313 g/mol. The summed E-state index contributed by atoms with van der Waals surface area (Å²) in [6, 6.07) is 0.799. The second kappa shape index (κ2) is 9.83. The maximum absolute atomic E-state index is 5.66. The number of ether oxygens (including phenoxy) is 2. The molecular formula is C17H35N3O2. The van der Waals surface area contributed by atoms with E-state index < -0.39 is 0 Å². The zero-order valence-corrected chi connectivity index (χ0v) is 14.8. The Morgan fingerprint density at radius 3 is 2.05 bits per heavy atom. The lowest BCUT2D eigenvalue weighted by atomic mass is 10.0. The fraction of sp³-hybridized carbons (Fsp3) is 1.00. The average Bonchev–Trinajstić information content (AvgIpc) is 2.54. The van der Waals surface area contributed by atoms with Crippen molar-refractivity contribution in [1.29, 1.82) is 0 Å². The second-order valence-corrected chi connectivity index (χ2v) is 6.86.